The summed E-state index contributed by atoms with van der Waals surface area (Å²) in [7, 11) is 0. The lowest BCUT2D eigenvalue weighted by molar-refractivity contribution is -0.141. The summed E-state index contributed by atoms with van der Waals surface area (Å²) in [5.41, 5.74) is 0.952. The minimum absolute atomic E-state index is 0.0162. The van der Waals surface area contributed by atoms with Crippen LogP contribution in [0.15, 0.2) is 12.7 Å². The Bertz CT molecular complexity index is 457. The van der Waals surface area contributed by atoms with Gasteiger partial charge in [0.05, 0.1) is 6.10 Å². The maximum Gasteiger partial charge on any atom is 0.0573 e. The molecule has 124 valence electrons. The maximum atomic E-state index is 10.6. The standard InChI is InChI=1S/C21H34O/c1-4-14-7-9-16-15-8-10-18-19(22)6-5-12-21(18,3)17(15)11-13-20(14,16)2/h4,14-19,22H,1,5-13H2,2-3H3/t14-,15-,16-,17-,18?,19?,20+,21+/m0/s1. The number of aliphatic hydroxyl groups excluding tert-OH is 1. The van der Waals surface area contributed by atoms with Crippen molar-refractivity contribution < 1.29 is 5.11 Å². The van der Waals surface area contributed by atoms with E-state index in [1.54, 1.807) is 0 Å². The molecule has 0 aliphatic heterocycles. The van der Waals surface area contributed by atoms with Gasteiger partial charge >= 0.3 is 0 Å². The third-order valence-corrected chi connectivity index (χ3v) is 8.98. The van der Waals surface area contributed by atoms with Gasteiger partial charge in [-0.15, -0.1) is 6.58 Å². The molecule has 4 aliphatic rings. The summed E-state index contributed by atoms with van der Waals surface area (Å²) in [6.07, 6.45) is 14.2. The Kier molecular flexibility index (Phi) is 3.53. The van der Waals surface area contributed by atoms with Gasteiger partial charge in [-0.25, -0.2) is 0 Å². The van der Waals surface area contributed by atoms with E-state index in [1.807, 2.05) is 0 Å². The van der Waals surface area contributed by atoms with Crippen molar-refractivity contribution in [1.82, 2.24) is 0 Å². The van der Waals surface area contributed by atoms with Gasteiger partial charge in [0.25, 0.3) is 0 Å². The molecule has 4 saturated carbocycles. The quantitative estimate of drug-likeness (QED) is 0.661. The Morgan fingerprint density at radius 1 is 0.864 bits per heavy atom. The molecule has 22 heavy (non-hydrogen) atoms. The van der Waals surface area contributed by atoms with Crippen LogP contribution in [0.2, 0.25) is 0 Å². The van der Waals surface area contributed by atoms with Crippen molar-refractivity contribution in [3.05, 3.63) is 12.7 Å². The fourth-order valence-electron chi connectivity index (χ4n) is 7.81. The number of hydrogen-bond acceptors (Lipinski definition) is 1. The average molecular weight is 303 g/mol. The lowest BCUT2D eigenvalue weighted by Crippen LogP contribution is -2.55. The van der Waals surface area contributed by atoms with Crippen LogP contribution in [-0.2, 0) is 0 Å². The number of hydrogen-bond donors (Lipinski definition) is 1. The summed E-state index contributed by atoms with van der Waals surface area (Å²) in [5.74, 6) is 4.06. The first-order chi connectivity index (χ1) is 10.5. The second-order valence-corrected chi connectivity index (χ2v) is 9.49. The van der Waals surface area contributed by atoms with Crippen molar-refractivity contribution in [1.29, 1.82) is 0 Å². The van der Waals surface area contributed by atoms with Crippen molar-refractivity contribution >= 4 is 0 Å². The van der Waals surface area contributed by atoms with E-state index >= 15 is 0 Å². The highest BCUT2D eigenvalue weighted by atomic mass is 16.3. The van der Waals surface area contributed by atoms with Crippen LogP contribution in [0.1, 0.15) is 71.6 Å². The molecule has 4 rings (SSSR count). The van der Waals surface area contributed by atoms with E-state index in [4.69, 9.17) is 0 Å². The molecule has 2 unspecified atom stereocenters. The zero-order valence-electron chi connectivity index (χ0n) is 14.6. The van der Waals surface area contributed by atoms with Crippen LogP contribution < -0.4 is 0 Å². The summed E-state index contributed by atoms with van der Waals surface area (Å²) in [6, 6.07) is 0. The van der Waals surface area contributed by atoms with E-state index in [0.29, 0.717) is 16.7 Å². The Hall–Kier alpha value is -0.300. The molecule has 0 saturated heterocycles. The van der Waals surface area contributed by atoms with Crippen molar-refractivity contribution in [2.75, 3.05) is 0 Å². The third kappa shape index (κ3) is 1.87. The highest BCUT2D eigenvalue weighted by molar-refractivity contribution is 5.11. The smallest absolute Gasteiger partial charge is 0.0573 e. The van der Waals surface area contributed by atoms with Crippen LogP contribution in [0.3, 0.4) is 0 Å². The van der Waals surface area contributed by atoms with Gasteiger partial charge in [0.1, 0.15) is 0 Å². The first-order valence-corrected chi connectivity index (χ1v) is 9.81. The van der Waals surface area contributed by atoms with Crippen LogP contribution in [0, 0.1) is 40.4 Å². The average Bonchev–Trinajstić information content (AvgIpc) is 2.83. The number of allylic oxidation sites excluding steroid dienone is 1. The molecule has 4 fully saturated rings. The Morgan fingerprint density at radius 3 is 2.36 bits per heavy atom. The van der Waals surface area contributed by atoms with E-state index in [9.17, 15) is 5.11 Å². The first kappa shape index (κ1) is 15.2. The molecule has 0 amide bonds. The van der Waals surface area contributed by atoms with Crippen LogP contribution in [0.5, 0.6) is 0 Å². The van der Waals surface area contributed by atoms with Crippen molar-refractivity contribution in [2.45, 2.75) is 77.7 Å². The van der Waals surface area contributed by atoms with E-state index in [-0.39, 0.29) is 6.10 Å². The first-order valence-electron chi connectivity index (χ1n) is 9.81. The molecule has 0 bridgehead atoms. The van der Waals surface area contributed by atoms with Gasteiger partial charge in [0.15, 0.2) is 0 Å². The SMILES string of the molecule is C=C[C@H]1CC[C@H]2[C@@H]3CCC4C(O)CCC[C@]4(C)[C@H]3CC[C@]12C. The fraction of sp³-hybridized carbons (Fsp3) is 0.905. The number of fused-ring (bicyclic) bond motifs is 5. The molecule has 1 heteroatoms. The predicted molar refractivity (Wildman–Crippen MR) is 91.4 cm³/mol. The number of aliphatic hydroxyl groups is 1. The summed E-state index contributed by atoms with van der Waals surface area (Å²) in [6.45, 7) is 9.25. The molecule has 4 aliphatic carbocycles. The molecule has 0 aromatic heterocycles. The van der Waals surface area contributed by atoms with Crippen LogP contribution in [0.25, 0.3) is 0 Å². The van der Waals surface area contributed by atoms with E-state index in [2.05, 4.69) is 26.5 Å². The summed E-state index contributed by atoms with van der Waals surface area (Å²) >= 11 is 0. The van der Waals surface area contributed by atoms with E-state index in [1.165, 1.54) is 51.4 Å². The molecule has 0 radical (unpaired) electrons. The van der Waals surface area contributed by atoms with Gasteiger partial charge in [0, 0.05) is 0 Å². The van der Waals surface area contributed by atoms with E-state index in [0.717, 1.165) is 30.1 Å². The fourth-order valence-corrected chi connectivity index (χ4v) is 7.81. The van der Waals surface area contributed by atoms with Gasteiger partial charge in [-0.1, -0.05) is 26.3 Å². The topological polar surface area (TPSA) is 20.2 Å². The zero-order chi connectivity index (χ0) is 15.5. The van der Waals surface area contributed by atoms with Crippen LogP contribution in [0.4, 0.5) is 0 Å². The van der Waals surface area contributed by atoms with Gasteiger partial charge in [-0.05, 0) is 91.8 Å². The Labute approximate surface area is 136 Å². The molecule has 0 heterocycles. The van der Waals surface area contributed by atoms with Crippen LogP contribution >= 0.6 is 0 Å². The molecule has 8 atom stereocenters. The lowest BCUT2D eigenvalue weighted by Gasteiger charge is -2.61. The molecule has 1 N–H and O–H groups in total. The lowest BCUT2D eigenvalue weighted by atomic mass is 9.44. The monoisotopic (exact) mass is 302 g/mol. The van der Waals surface area contributed by atoms with Gasteiger partial charge in [0.2, 0.25) is 0 Å². The summed E-state index contributed by atoms with van der Waals surface area (Å²) in [5, 5.41) is 10.6. The normalized spacial score (nSPS) is 57.6. The molecule has 0 aromatic carbocycles. The van der Waals surface area contributed by atoms with Crippen LogP contribution in [-0.4, -0.2) is 11.2 Å². The van der Waals surface area contributed by atoms with Gasteiger partial charge < -0.3 is 5.11 Å². The number of rotatable bonds is 1. The third-order valence-electron chi connectivity index (χ3n) is 8.98. The van der Waals surface area contributed by atoms with Gasteiger partial charge in [-0.3, -0.25) is 0 Å². The minimum atomic E-state index is -0.0162. The van der Waals surface area contributed by atoms with Crippen molar-refractivity contribution in [3.63, 3.8) is 0 Å². The Morgan fingerprint density at radius 2 is 1.59 bits per heavy atom. The van der Waals surface area contributed by atoms with Crippen molar-refractivity contribution in [2.24, 2.45) is 40.4 Å². The van der Waals surface area contributed by atoms with E-state index < -0.39 is 0 Å². The molecule has 0 aromatic rings. The maximum absolute atomic E-state index is 10.6. The Balaban J connectivity index is 1.64. The summed E-state index contributed by atoms with van der Waals surface area (Å²) in [4.78, 5) is 0. The summed E-state index contributed by atoms with van der Waals surface area (Å²) < 4.78 is 0. The second-order valence-electron chi connectivity index (χ2n) is 9.49. The molecular weight excluding hydrogens is 268 g/mol. The minimum Gasteiger partial charge on any atom is -0.393 e. The predicted octanol–water partition coefficient (Wildman–Crippen LogP) is 5.19. The van der Waals surface area contributed by atoms with Gasteiger partial charge in [-0.2, -0.15) is 0 Å². The molecule has 0 spiro atoms. The zero-order valence-corrected chi connectivity index (χ0v) is 14.6. The van der Waals surface area contributed by atoms with Crippen molar-refractivity contribution in [3.8, 4) is 0 Å². The molecular formula is C21H34O. The molecule has 1 nitrogen and oxygen atoms in total. The largest absolute Gasteiger partial charge is 0.393 e. The highest BCUT2D eigenvalue weighted by Gasteiger charge is 2.60. The second kappa shape index (κ2) is 5.10. The highest BCUT2D eigenvalue weighted by Crippen LogP contribution is 2.67.